The number of sulfonamides is 1. The first-order valence-corrected chi connectivity index (χ1v) is 10.1. The van der Waals surface area contributed by atoms with E-state index in [2.05, 4.69) is 4.72 Å². The second-order valence-electron chi connectivity index (χ2n) is 6.47. The molecule has 4 rings (SSSR count). The lowest BCUT2D eigenvalue weighted by atomic mass is 10.1. The van der Waals surface area contributed by atoms with Crippen LogP contribution in [0.25, 0.3) is 22.3 Å². The number of aryl methyl sites for hydroxylation is 1. The molecule has 3 aromatic carbocycles. The monoisotopic (exact) mass is 391 g/mol. The van der Waals surface area contributed by atoms with E-state index in [-0.39, 0.29) is 10.3 Å². The molecule has 140 valence electrons. The molecule has 0 spiro atoms. The van der Waals surface area contributed by atoms with Crippen molar-refractivity contribution >= 4 is 26.7 Å². The quantitative estimate of drug-likeness (QED) is 0.553. The second-order valence-corrected chi connectivity index (χ2v) is 8.15. The molecule has 0 unspecified atom stereocenters. The Balaban J connectivity index is 1.75. The Kier molecular flexibility index (Phi) is 4.49. The van der Waals surface area contributed by atoms with Gasteiger partial charge in [0.25, 0.3) is 10.0 Å². The van der Waals surface area contributed by atoms with E-state index in [1.807, 2.05) is 37.3 Å². The number of nitrogens with one attached hydrogen (secondary N) is 1. The van der Waals surface area contributed by atoms with Gasteiger partial charge in [-0.1, -0.05) is 48.0 Å². The predicted octanol–water partition coefficient (Wildman–Crippen LogP) is 4.57. The maximum atomic E-state index is 12.6. The van der Waals surface area contributed by atoms with Gasteiger partial charge in [-0.15, -0.1) is 0 Å². The zero-order valence-corrected chi connectivity index (χ0v) is 15.9. The van der Waals surface area contributed by atoms with Crippen molar-refractivity contribution in [2.45, 2.75) is 11.8 Å². The maximum Gasteiger partial charge on any atom is 0.261 e. The minimum absolute atomic E-state index is 0.165. The van der Waals surface area contributed by atoms with Crippen LogP contribution in [0.2, 0.25) is 0 Å². The molecule has 0 saturated heterocycles. The van der Waals surface area contributed by atoms with E-state index in [4.69, 9.17) is 4.42 Å². The minimum Gasteiger partial charge on any atom is -0.456 e. The molecule has 0 aliphatic heterocycles. The summed E-state index contributed by atoms with van der Waals surface area (Å²) in [5, 5.41) is 0.387. The van der Waals surface area contributed by atoms with Gasteiger partial charge in [0.15, 0.2) is 5.43 Å². The van der Waals surface area contributed by atoms with Crippen LogP contribution in [0.5, 0.6) is 0 Å². The van der Waals surface area contributed by atoms with Gasteiger partial charge in [-0.25, -0.2) is 8.42 Å². The van der Waals surface area contributed by atoms with Gasteiger partial charge < -0.3 is 4.42 Å². The summed E-state index contributed by atoms with van der Waals surface area (Å²) >= 11 is 0. The van der Waals surface area contributed by atoms with E-state index in [1.54, 1.807) is 36.4 Å². The zero-order valence-electron chi connectivity index (χ0n) is 15.0. The lowest BCUT2D eigenvalue weighted by Gasteiger charge is -2.09. The average Bonchev–Trinajstić information content (AvgIpc) is 2.68. The number of rotatable bonds is 4. The first-order valence-electron chi connectivity index (χ1n) is 8.65. The van der Waals surface area contributed by atoms with Gasteiger partial charge >= 0.3 is 0 Å². The minimum atomic E-state index is -3.74. The van der Waals surface area contributed by atoms with E-state index < -0.39 is 10.0 Å². The van der Waals surface area contributed by atoms with Gasteiger partial charge in [-0.2, -0.15) is 0 Å². The molecular weight excluding hydrogens is 374 g/mol. The Morgan fingerprint density at radius 3 is 2.29 bits per heavy atom. The molecule has 0 saturated carbocycles. The van der Waals surface area contributed by atoms with Crippen LogP contribution >= 0.6 is 0 Å². The van der Waals surface area contributed by atoms with E-state index in [9.17, 15) is 13.2 Å². The predicted molar refractivity (Wildman–Crippen MR) is 110 cm³/mol. The fourth-order valence-corrected chi connectivity index (χ4v) is 3.94. The van der Waals surface area contributed by atoms with Crippen molar-refractivity contribution in [3.63, 3.8) is 0 Å². The Labute approximate surface area is 162 Å². The number of hydrogen-bond donors (Lipinski definition) is 1. The molecule has 0 fully saturated rings. The van der Waals surface area contributed by atoms with Crippen LogP contribution in [0.1, 0.15) is 5.56 Å². The third kappa shape index (κ3) is 3.54. The number of benzene rings is 3. The van der Waals surface area contributed by atoms with Crippen molar-refractivity contribution in [2.75, 3.05) is 4.72 Å². The van der Waals surface area contributed by atoms with Crippen molar-refractivity contribution in [1.82, 2.24) is 0 Å². The average molecular weight is 391 g/mol. The molecular formula is C22H17NO4S. The molecule has 1 aromatic heterocycles. The molecule has 5 nitrogen and oxygen atoms in total. The van der Waals surface area contributed by atoms with Crippen molar-refractivity contribution in [3.05, 3.63) is 94.6 Å². The van der Waals surface area contributed by atoms with Crippen molar-refractivity contribution < 1.29 is 12.8 Å². The summed E-state index contributed by atoms with van der Waals surface area (Å²) in [6.45, 7) is 1.89. The molecule has 28 heavy (non-hydrogen) atoms. The Bertz CT molecular complexity index is 1310. The highest BCUT2D eigenvalue weighted by Gasteiger charge is 2.15. The molecule has 1 N–H and O–H groups in total. The summed E-state index contributed by atoms with van der Waals surface area (Å²) in [7, 11) is -3.74. The molecule has 1 heterocycles. The molecule has 4 aromatic rings. The standard InChI is InChI=1S/C22H17NO4S/c1-15-7-10-18(11-8-15)28(25,26)23-17-9-12-19-20(24)14-21(27-22(19)13-17)16-5-3-2-4-6-16/h2-14,23H,1H3. The fourth-order valence-electron chi connectivity index (χ4n) is 2.89. The van der Waals surface area contributed by atoms with Crippen LogP contribution in [0.15, 0.2) is 93.0 Å². The summed E-state index contributed by atoms with van der Waals surface area (Å²) in [6.07, 6.45) is 0. The van der Waals surface area contributed by atoms with E-state index in [0.29, 0.717) is 22.4 Å². The topological polar surface area (TPSA) is 76.4 Å². The van der Waals surface area contributed by atoms with Gasteiger partial charge in [0.2, 0.25) is 0 Å². The highest BCUT2D eigenvalue weighted by atomic mass is 32.2. The van der Waals surface area contributed by atoms with Crippen LogP contribution in [-0.4, -0.2) is 8.42 Å². The third-order valence-corrected chi connectivity index (χ3v) is 5.77. The van der Waals surface area contributed by atoms with Gasteiger partial charge in [0, 0.05) is 17.7 Å². The molecule has 0 bridgehead atoms. The van der Waals surface area contributed by atoms with E-state index in [0.717, 1.165) is 11.1 Å². The van der Waals surface area contributed by atoms with Crippen LogP contribution in [-0.2, 0) is 10.0 Å². The number of fused-ring (bicyclic) bond motifs is 1. The summed E-state index contributed by atoms with van der Waals surface area (Å²) < 4.78 is 33.6. The molecule has 0 radical (unpaired) electrons. The highest BCUT2D eigenvalue weighted by molar-refractivity contribution is 7.92. The molecule has 0 aliphatic carbocycles. The molecule has 0 atom stereocenters. The Hall–Kier alpha value is -3.38. The van der Waals surface area contributed by atoms with Crippen molar-refractivity contribution in [1.29, 1.82) is 0 Å². The fraction of sp³-hybridized carbons (Fsp3) is 0.0455. The molecule has 6 heteroatoms. The number of anilines is 1. The van der Waals surface area contributed by atoms with Crippen LogP contribution < -0.4 is 10.2 Å². The first-order chi connectivity index (χ1) is 13.4. The summed E-state index contributed by atoms with van der Waals surface area (Å²) in [4.78, 5) is 12.6. The summed E-state index contributed by atoms with van der Waals surface area (Å²) in [5.74, 6) is 0.427. The van der Waals surface area contributed by atoms with Gasteiger partial charge in [-0.05, 0) is 31.2 Å². The maximum absolute atomic E-state index is 12.6. The van der Waals surface area contributed by atoms with E-state index >= 15 is 0 Å². The Morgan fingerprint density at radius 1 is 0.857 bits per heavy atom. The third-order valence-electron chi connectivity index (χ3n) is 4.37. The van der Waals surface area contributed by atoms with Crippen molar-refractivity contribution in [2.24, 2.45) is 0 Å². The smallest absolute Gasteiger partial charge is 0.261 e. The Morgan fingerprint density at radius 2 is 1.57 bits per heavy atom. The molecule has 0 amide bonds. The van der Waals surface area contributed by atoms with Crippen LogP contribution in [0, 0.1) is 6.92 Å². The second kappa shape index (κ2) is 6.98. The summed E-state index contributed by atoms with van der Waals surface area (Å²) in [6, 6.07) is 21.9. The zero-order chi connectivity index (χ0) is 19.7. The van der Waals surface area contributed by atoms with Crippen molar-refractivity contribution in [3.8, 4) is 11.3 Å². The first kappa shape index (κ1) is 18.0. The molecule has 0 aliphatic rings. The lowest BCUT2D eigenvalue weighted by Crippen LogP contribution is -2.13. The SMILES string of the molecule is Cc1ccc(S(=O)(=O)Nc2ccc3c(=O)cc(-c4ccccc4)oc3c2)cc1. The van der Waals surface area contributed by atoms with Gasteiger partial charge in [0.1, 0.15) is 11.3 Å². The van der Waals surface area contributed by atoms with Crippen LogP contribution in [0.4, 0.5) is 5.69 Å². The van der Waals surface area contributed by atoms with Crippen LogP contribution in [0.3, 0.4) is 0 Å². The normalized spacial score (nSPS) is 11.5. The van der Waals surface area contributed by atoms with Gasteiger partial charge in [0.05, 0.1) is 16.0 Å². The summed E-state index contributed by atoms with van der Waals surface area (Å²) in [5.41, 5.74) is 2.19. The highest BCUT2D eigenvalue weighted by Crippen LogP contribution is 2.25. The number of hydrogen-bond acceptors (Lipinski definition) is 4. The van der Waals surface area contributed by atoms with E-state index in [1.165, 1.54) is 12.1 Å². The largest absolute Gasteiger partial charge is 0.456 e. The lowest BCUT2D eigenvalue weighted by molar-refractivity contribution is 0.601. The van der Waals surface area contributed by atoms with Gasteiger partial charge in [-0.3, -0.25) is 9.52 Å².